The van der Waals surface area contributed by atoms with E-state index in [9.17, 15) is 4.79 Å². The molecular formula is C18H15N3O. The highest BCUT2D eigenvalue weighted by Crippen LogP contribution is 2.24. The van der Waals surface area contributed by atoms with E-state index in [0.29, 0.717) is 0 Å². The summed E-state index contributed by atoms with van der Waals surface area (Å²) in [6.45, 7) is 0. The van der Waals surface area contributed by atoms with Gasteiger partial charge in [0.25, 0.3) is 0 Å². The van der Waals surface area contributed by atoms with Gasteiger partial charge >= 0.3 is 0 Å². The van der Waals surface area contributed by atoms with E-state index in [2.05, 4.69) is 5.10 Å². The lowest BCUT2D eigenvalue weighted by Gasteiger charge is -2.00. The standard InChI is InChI=1S/C18H15N3O/c19-17(22)12-11-15-13-21(16-9-5-2-6-10-16)20-18(15)14-7-3-1-4-8-14/h1-13H,(H2,19,22). The summed E-state index contributed by atoms with van der Waals surface area (Å²) in [6.07, 6.45) is 4.92. The Balaban J connectivity index is 2.11. The zero-order chi connectivity index (χ0) is 15.4. The normalized spacial score (nSPS) is 10.9. The van der Waals surface area contributed by atoms with Crippen molar-refractivity contribution in [3.63, 3.8) is 0 Å². The van der Waals surface area contributed by atoms with Crippen LogP contribution >= 0.6 is 0 Å². The Hall–Kier alpha value is -3.14. The number of benzene rings is 2. The van der Waals surface area contributed by atoms with Crippen LogP contribution in [0.2, 0.25) is 0 Å². The quantitative estimate of drug-likeness (QED) is 0.750. The molecule has 0 bridgehead atoms. The summed E-state index contributed by atoms with van der Waals surface area (Å²) in [5.74, 6) is -0.480. The first-order valence-corrected chi connectivity index (χ1v) is 6.92. The summed E-state index contributed by atoms with van der Waals surface area (Å²) in [5, 5.41) is 4.64. The number of carbonyl (C=O) groups excluding carboxylic acids is 1. The molecule has 2 N–H and O–H groups in total. The van der Waals surface area contributed by atoms with Crippen LogP contribution in [0.5, 0.6) is 0 Å². The lowest BCUT2D eigenvalue weighted by Crippen LogP contribution is -2.05. The molecule has 0 fully saturated rings. The maximum atomic E-state index is 11.0. The van der Waals surface area contributed by atoms with Gasteiger partial charge in [0.05, 0.1) is 11.4 Å². The average molecular weight is 289 g/mol. The van der Waals surface area contributed by atoms with Crippen molar-refractivity contribution in [1.29, 1.82) is 0 Å². The van der Waals surface area contributed by atoms with Gasteiger partial charge in [0, 0.05) is 23.4 Å². The van der Waals surface area contributed by atoms with E-state index in [4.69, 9.17) is 5.73 Å². The Morgan fingerprint density at radius 3 is 2.27 bits per heavy atom. The molecule has 1 aromatic heterocycles. The second kappa shape index (κ2) is 6.10. The van der Waals surface area contributed by atoms with Crippen molar-refractivity contribution >= 4 is 12.0 Å². The minimum absolute atomic E-state index is 0.480. The number of hydrogen-bond acceptors (Lipinski definition) is 2. The van der Waals surface area contributed by atoms with Crippen molar-refractivity contribution in [1.82, 2.24) is 9.78 Å². The minimum atomic E-state index is -0.480. The van der Waals surface area contributed by atoms with Crippen molar-refractivity contribution in [3.05, 3.63) is 78.5 Å². The Morgan fingerprint density at radius 1 is 1.00 bits per heavy atom. The fourth-order valence-electron chi connectivity index (χ4n) is 2.21. The highest BCUT2D eigenvalue weighted by molar-refractivity contribution is 5.91. The van der Waals surface area contributed by atoms with Crippen LogP contribution in [0.1, 0.15) is 5.56 Å². The van der Waals surface area contributed by atoms with Crippen LogP contribution in [0.4, 0.5) is 0 Å². The van der Waals surface area contributed by atoms with Gasteiger partial charge < -0.3 is 5.73 Å². The van der Waals surface area contributed by atoms with Crippen molar-refractivity contribution < 1.29 is 4.79 Å². The second-order valence-electron chi connectivity index (χ2n) is 4.81. The van der Waals surface area contributed by atoms with Gasteiger partial charge in [0.2, 0.25) is 5.91 Å². The summed E-state index contributed by atoms with van der Waals surface area (Å²) in [4.78, 5) is 11.0. The first-order chi connectivity index (χ1) is 10.7. The summed E-state index contributed by atoms with van der Waals surface area (Å²) >= 11 is 0. The van der Waals surface area contributed by atoms with Crippen LogP contribution in [0.15, 0.2) is 72.9 Å². The molecule has 0 saturated carbocycles. The molecule has 2 aromatic carbocycles. The smallest absolute Gasteiger partial charge is 0.241 e. The SMILES string of the molecule is NC(=O)C=Cc1cn(-c2ccccc2)nc1-c1ccccc1. The molecule has 22 heavy (non-hydrogen) atoms. The van der Waals surface area contributed by atoms with Crippen LogP contribution in [-0.4, -0.2) is 15.7 Å². The lowest BCUT2D eigenvalue weighted by molar-refractivity contribution is -0.113. The van der Waals surface area contributed by atoms with Crippen LogP contribution in [-0.2, 0) is 4.79 Å². The maximum Gasteiger partial charge on any atom is 0.241 e. The Labute approximate surface area is 128 Å². The number of hydrogen-bond donors (Lipinski definition) is 1. The Bertz CT molecular complexity index is 805. The molecule has 108 valence electrons. The fourth-order valence-corrected chi connectivity index (χ4v) is 2.21. The number of rotatable bonds is 4. The van der Waals surface area contributed by atoms with Crippen LogP contribution in [0, 0.1) is 0 Å². The number of nitrogens with zero attached hydrogens (tertiary/aromatic N) is 2. The molecule has 1 heterocycles. The molecule has 3 rings (SSSR count). The van der Waals surface area contributed by atoms with Crippen LogP contribution in [0.3, 0.4) is 0 Å². The van der Waals surface area contributed by atoms with Gasteiger partial charge in [-0.1, -0.05) is 48.5 Å². The number of nitrogens with two attached hydrogens (primary N) is 1. The van der Waals surface area contributed by atoms with E-state index in [0.717, 1.165) is 22.5 Å². The number of aromatic nitrogens is 2. The molecule has 0 spiro atoms. The van der Waals surface area contributed by atoms with E-state index >= 15 is 0 Å². The average Bonchev–Trinajstić information content (AvgIpc) is 2.99. The summed E-state index contributed by atoms with van der Waals surface area (Å²) in [5.41, 5.74) is 8.79. The number of amides is 1. The predicted octanol–water partition coefficient (Wildman–Crippen LogP) is 3.04. The topological polar surface area (TPSA) is 60.9 Å². The van der Waals surface area contributed by atoms with Gasteiger partial charge in [0.1, 0.15) is 0 Å². The first-order valence-electron chi connectivity index (χ1n) is 6.92. The molecule has 0 atom stereocenters. The van der Waals surface area contributed by atoms with Crippen molar-refractivity contribution in [2.75, 3.05) is 0 Å². The molecule has 0 aliphatic rings. The zero-order valence-electron chi connectivity index (χ0n) is 11.9. The van der Waals surface area contributed by atoms with Gasteiger partial charge in [-0.3, -0.25) is 4.79 Å². The molecule has 0 aliphatic carbocycles. The molecule has 4 nitrogen and oxygen atoms in total. The molecule has 4 heteroatoms. The third kappa shape index (κ3) is 2.96. The monoisotopic (exact) mass is 289 g/mol. The van der Waals surface area contributed by atoms with Crippen molar-refractivity contribution in [2.45, 2.75) is 0 Å². The van der Waals surface area contributed by atoms with Gasteiger partial charge in [-0.15, -0.1) is 0 Å². The zero-order valence-corrected chi connectivity index (χ0v) is 11.9. The van der Waals surface area contributed by atoms with Crippen molar-refractivity contribution in [3.8, 4) is 16.9 Å². The van der Waals surface area contributed by atoms with E-state index < -0.39 is 5.91 Å². The highest BCUT2D eigenvalue weighted by atomic mass is 16.1. The van der Waals surface area contributed by atoms with Crippen LogP contribution < -0.4 is 5.73 Å². The third-order valence-electron chi connectivity index (χ3n) is 3.24. The Kier molecular flexibility index (Phi) is 3.83. The summed E-state index contributed by atoms with van der Waals surface area (Å²) in [7, 11) is 0. The second-order valence-corrected chi connectivity index (χ2v) is 4.81. The number of para-hydroxylation sites is 1. The fraction of sp³-hybridized carbons (Fsp3) is 0. The number of primary amides is 1. The van der Waals surface area contributed by atoms with E-state index in [1.54, 1.807) is 10.8 Å². The van der Waals surface area contributed by atoms with Gasteiger partial charge in [-0.25, -0.2) is 4.68 Å². The first kappa shape index (κ1) is 13.8. The molecule has 0 radical (unpaired) electrons. The molecule has 3 aromatic rings. The van der Waals surface area contributed by atoms with E-state index in [1.165, 1.54) is 6.08 Å². The highest BCUT2D eigenvalue weighted by Gasteiger charge is 2.10. The molecule has 0 unspecified atom stereocenters. The van der Waals surface area contributed by atoms with Gasteiger partial charge in [0.15, 0.2) is 0 Å². The lowest BCUT2D eigenvalue weighted by atomic mass is 10.1. The minimum Gasteiger partial charge on any atom is -0.366 e. The van der Waals surface area contributed by atoms with Crippen molar-refractivity contribution in [2.24, 2.45) is 5.73 Å². The molecule has 0 saturated heterocycles. The van der Waals surface area contributed by atoms with E-state index in [1.807, 2.05) is 66.9 Å². The maximum absolute atomic E-state index is 11.0. The Morgan fingerprint density at radius 2 is 1.64 bits per heavy atom. The molecule has 0 aliphatic heterocycles. The predicted molar refractivity (Wildman–Crippen MR) is 87.2 cm³/mol. The summed E-state index contributed by atoms with van der Waals surface area (Å²) < 4.78 is 1.79. The van der Waals surface area contributed by atoms with Crippen LogP contribution in [0.25, 0.3) is 23.0 Å². The number of carbonyl (C=O) groups is 1. The molecule has 1 amide bonds. The third-order valence-corrected chi connectivity index (χ3v) is 3.24. The van der Waals surface area contributed by atoms with E-state index in [-0.39, 0.29) is 0 Å². The van der Waals surface area contributed by atoms with Gasteiger partial charge in [-0.2, -0.15) is 5.10 Å². The van der Waals surface area contributed by atoms with Gasteiger partial charge in [-0.05, 0) is 18.2 Å². The molecular weight excluding hydrogens is 274 g/mol. The largest absolute Gasteiger partial charge is 0.366 e. The summed E-state index contributed by atoms with van der Waals surface area (Å²) in [6, 6.07) is 19.7.